The Morgan fingerprint density at radius 3 is 2.52 bits per heavy atom. The molecule has 1 aliphatic rings. The van der Waals surface area contributed by atoms with E-state index in [2.05, 4.69) is 11.4 Å². The Labute approximate surface area is 159 Å². The molecule has 6 nitrogen and oxygen atoms in total. The number of ether oxygens (including phenoxy) is 1. The fraction of sp³-hybridized carbons (Fsp3) is 0.429. The number of nitrogens with zero attached hydrogens (tertiary/aromatic N) is 1. The summed E-state index contributed by atoms with van der Waals surface area (Å²) in [5.74, 6) is 0.333. The Bertz CT molecular complexity index is 829. The van der Waals surface area contributed by atoms with Crippen molar-refractivity contribution in [2.75, 3.05) is 26.7 Å². The minimum absolute atomic E-state index is 0.0382. The van der Waals surface area contributed by atoms with Crippen LogP contribution in [0, 0.1) is 0 Å². The summed E-state index contributed by atoms with van der Waals surface area (Å²) in [5, 5.41) is 5.34. The fourth-order valence-electron chi connectivity index (χ4n) is 3.57. The van der Waals surface area contributed by atoms with Crippen molar-refractivity contribution in [1.29, 1.82) is 0 Å². The van der Waals surface area contributed by atoms with Crippen molar-refractivity contribution in [1.82, 2.24) is 10.2 Å². The van der Waals surface area contributed by atoms with Crippen LogP contribution in [-0.4, -0.2) is 49.5 Å². The van der Waals surface area contributed by atoms with Gasteiger partial charge in [0.2, 0.25) is 11.8 Å². The highest BCUT2D eigenvalue weighted by molar-refractivity contribution is 5.88. The second-order valence-electron chi connectivity index (χ2n) is 7.22. The zero-order valence-electron chi connectivity index (χ0n) is 15.9. The van der Waals surface area contributed by atoms with E-state index in [-0.39, 0.29) is 23.8 Å². The van der Waals surface area contributed by atoms with E-state index < -0.39 is 0 Å². The highest BCUT2D eigenvalue weighted by Gasteiger charge is 2.24. The molecule has 2 aromatic carbocycles. The number of benzene rings is 2. The molecule has 144 valence electrons. The molecule has 0 spiro atoms. The van der Waals surface area contributed by atoms with E-state index in [1.54, 1.807) is 7.11 Å². The van der Waals surface area contributed by atoms with E-state index in [4.69, 9.17) is 10.5 Å². The van der Waals surface area contributed by atoms with Crippen LogP contribution >= 0.6 is 0 Å². The first-order chi connectivity index (χ1) is 13.0. The molecular formula is C21H27N3O3. The quantitative estimate of drug-likeness (QED) is 0.816. The molecular weight excluding hydrogens is 342 g/mol. The average molecular weight is 369 g/mol. The van der Waals surface area contributed by atoms with Gasteiger partial charge >= 0.3 is 0 Å². The van der Waals surface area contributed by atoms with Gasteiger partial charge < -0.3 is 15.8 Å². The van der Waals surface area contributed by atoms with Gasteiger partial charge in [0.25, 0.3) is 0 Å². The first-order valence-electron chi connectivity index (χ1n) is 9.35. The lowest BCUT2D eigenvalue weighted by molar-refractivity contribution is -0.124. The van der Waals surface area contributed by atoms with Crippen molar-refractivity contribution in [2.45, 2.75) is 31.7 Å². The summed E-state index contributed by atoms with van der Waals surface area (Å²) < 4.78 is 5.26. The van der Waals surface area contributed by atoms with E-state index in [1.807, 2.05) is 42.2 Å². The van der Waals surface area contributed by atoms with Crippen LogP contribution in [0.3, 0.4) is 0 Å². The Morgan fingerprint density at radius 2 is 1.85 bits per heavy atom. The number of methoxy groups -OCH3 is 1. The normalized spacial score (nSPS) is 16.8. The highest BCUT2D eigenvalue weighted by Crippen LogP contribution is 2.25. The highest BCUT2D eigenvalue weighted by atomic mass is 16.5. The summed E-state index contributed by atoms with van der Waals surface area (Å²) in [6, 6.07) is 12.2. The van der Waals surface area contributed by atoms with Crippen molar-refractivity contribution in [3.63, 3.8) is 0 Å². The number of hydrogen-bond acceptors (Lipinski definition) is 4. The third kappa shape index (κ3) is 4.77. The number of likely N-dealkylation sites (tertiary alicyclic amines) is 1. The molecule has 1 heterocycles. The molecule has 0 aromatic heterocycles. The zero-order chi connectivity index (χ0) is 19.4. The molecule has 0 unspecified atom stereocenters. The SMILES string of the molecule is COc1ccc2cc([C@H](C)C(=O)NC3CCN(CC(N)=O)CC3)ccc2c1. The van der Waals surface area contributed by atoms with Crippen molar-refractivity contribution >= 4 is 22.6 Å². The van der Waals surface area contributed by atoms with Crippen molar-refractivity contribution < 1.29 is 14.3 Å². The molecule has 1 fully saturated rings. The third-order valence-corrected chi connectivity index (χ3v) is 5.28. The van der Waals surface area contributed by atoms with Crippen LogP contribution in [0.15, 0.2) is 36.4 Å². The van der Waals surface area contributed by atoms with Gasteiger partial charge in [-0.25, -0.2) is 0 Å². The summed E-state index contributed by atoms with van der Waals surface area (Å²) in [6.45, 7) is 3.78. The Hall–Kier alpha value is -2.60. The van der Waals surface area contributed by atoms with Gasteiger partial charge in [-0.3, -0.25) is 14.5 Å². The summed E-state index contributed by atoms with van der Waals surface area (Å²) in [5.41, 5.74) is 6.24. The number of carbonyl (C=O) groups excluding carboxylic acids is 2. The van der Waals surface area contributed by atoms with E-state index in [0.29, 0.717) is 6.54 Å². The van der Waals surface area contributed by atoms with Crippen molar-refractivity contribution in [3.05, 3.63) is 42.0 Å². The largest absolute Gasteiger partial charge is 0.497 e. The van der Waals surface area contributed by atoms with Crippen molar-refractivity contribution in [2.24, 2.45) is 5.73 Å². The van der Waals surface area contributed by atoms with Crippen LogP contribution in [0.25, 0.3) is 10.8 Å². The molecule has 27 heavy (non-hydrogen) atoms. The van der Waals surface area contributed by atoms with E-state index in [1.165, 1.54) is 0 Å². The van der Waals surface area contributed by atoms with Crippen LogP contribution in [0.5, 0.6) is 5.75 Å². The molecule has 6 heteroatoms. The number of carbonyl (C=O) groups is 2. The maximum absolute atomic E-state index is 12.7. The zero-order valence-corrected chi connectivity index (χ0v) is 15.9. The number of nitrogens with two attached hydrogens (primary N) is 1. The fourth-order valence-corrected chi connectivity index (χ4v) is 3.57. The number of hydrogen-bond donors (Lipinski definition) is 2. The summed E-state index contributed by atoms with van der Waals surface area (Å²) in [4.78, 5) is 25.7. The van der Waals surface area contributed by atoms with Gasteiger partial charge in [-0.1, -0.05) is 24.3 Å². The monoisotopic (exact) mass is 369 g/mol. The number of primary amides is 1. The van der Waals surface area contributed by atoms with Gasteiger partial charge in [0.15, 0.2) is 0 Å². The second-order valence-corrected chi connectivity index (χ2v) is 7.22. The number of rotatable bonds is 6. The molecule has 0 bridgehead atoms. The van der Waals surface area contributed by atoms with Crippen LogP contribution in [0.1, 0.15) is 31.2 Å². The van der Waals surface area contributed by atoms with Crippen LogP contribution < -0.4 is 15.8 Å². The Balaban J connectivity index is 1.60. The topological polar surface area (TPSA) is 84.7 Å². The Morgan fingerprint density at radius 1 is 1.19 bits per heavy atom. The van der Waals surface area contributed by atoms with Crippen molar-refractivity contribution in [3.8, 4) is 5.75 Å². The lowest BCUT2D eigenvalue weighted by atomic mass is 9.96. The lowest BCUT2D eigenvalue weighted by Crippen LogP contribution is -2.47. The molecule has 0 aliphatic carbocycles. The van der Waals surface area contributed by atoms with Crippen LogP contribution in [-0.2, 0) is 9.59 Å². The van der Waals surface area contributed by atoms with E-state index in [9.17, 15) is 9.59 Å². The number of fused-ring (bicyclic) bond motifs is 1. The smallest absolute Gasteiger partial charge is 0.231 e. The molecule has 1 saturated heterocycles. The van der Waals surface area contributed by atoms with Gasteiger partial charge in [-0.15, -0.1) is 0 Å². The van der Waals surface area contributed by atoms with Gasteiger partial charge in [0.05, 0.1) is 19.6 Å². The number of piperidine rings is 1. The molecule has 0 saturated carbocycles. The van der Waals surface area contributed by atoms with Crippen LogP contribution in [0.2, 0.25) is 0 Å². The maximum atomic E-state index is 12.7. The summed E-state index contributed by atoms with van der Waals surface area (Å²) >= 11 is 0. The maximum Gasteiger partial charge on any atom is 0.231 e. The minimum atomic E-state index is -0.306. The number of nitrogens with one attached hydrogen (secondary N) is 1. The first kappa shape index (κ1) is 19.2. The van der Waals surface area contributed by atoms with Gasteiger partial charge in [-0.05, 0) is 48.2 Å². The standard InChI is InChI=1S/C21H27N3O3/c1-14(15-3-4-17-12-19(27-2)6-5-16(17)11-15)21(26)23-18-7-9-24(10-8-18)13-20(22)25/h3-6,11-12,14,18H,7-10,13H2,1-2H3,(H2,22,25)(H,23,26)/t14-/m0/s1. The van der Waals surface area contributed by atoms with Crippen LogP contribution in [0.4, 0.5) is 0 Å². The molecule has 2 amide bonds. The third-order valence-electron chi connectivity index (χ3n) is 5.28. The molecule has 1 atom stereocenters. The minimum Gasteiger partial charge on any atom is -0.497 e. The molecule has 3 rings (SSSR count). The molecule has 1 aliphatic heterocycles. The number of amides is 2. The predicted molar refractivity (Wildman–Crippen MR) is 106 cm³/mol. The van der Waals surface area contributed by atoms with E-state index >= 15 is 0 Å². The average Bonchev–Trinajstić information content (AvgIpc) is 2.67. The summed E-state index contributed by atoms with van der Waals surface area (Å²) in [7, 11) is 1.65. The predicted octanol–water partition coefficient (Wildman–Crippen LogP) is 2.02. The second kappa shape index (κ2) is 8.39. The molecule has 0 radical (unpaired) electrons. The van der Waals surface area contributed by atoms with E-state index in [0.717, 1.165) is 48.0 Å². The first-order valence-corrected chi connectivity index (χ1v) is 9.35. The van der Waals surface area contributed by atoms with Gasteiger partial charge in [0, 0.05) is 19.1 Å². The van der Waals surface area contributed by atoms with Gasteiger partial charge in [-0.2, -0.15) is 0 Å². The van der Waals surface area contributed by atoms with Gasteiger partial charge in [0.1, 0.15) is 5.75 Å². The molecule has 3 N–H and O–H groups in total. The Kier molecular flexibility index (Phi) is 5.96. The lowest BCUT2D eigenvalue weighted by Gasteiger charge is -2.32. The summed E-state index contributed by atoms with van der Waals surface area (Å²) in [6.07, 6.45) is 1.67. The molecule has 2 aromatic rings.